The van der Waals surface area contributed by atoms with Gasteiger partial charge in [0.05, 0.1) is 0 Å². The van der Waals surface area contributed by atoms with Gasteiger partial charge in [-0.25, -0.2) is 0 Å². The molecule has 0 saturated carbocycles. The average molecular weight is 928 g/mol. The minimum Gasteiger partial charge on any atom is -0.412 e. The number of hydrogen-bond donors (Lipinski definition) is 0. The quantitative estimate of drug-likeness (QED) is 0.217. The van der Waals surface area contributed by atoms with Crippen molar-refractivity contribution in [3.63, 3.8) is 0 Å². The molecule has 0 spiro atoms. The molecule has 0 atom stereocenters. The van der Waals surface area contributed by atoms with Gasteiger partial charge in [0.2, 0.25) is 0 Å². The van der Waals surface area contributed by atoms with Crippen LogP contribution in [0.5, 0.6) is 0 Å². The molecule has 0 bridgehead atoms. The minimum absolute atomic E-state index is 0. The fourth-order valence-electron chi connectivity index (χ4n) is 0. The first kappa shape index (κ1) is 339. The molecule has 20 heteroatoms. The molecule has 10 N–H and O–H groups in total. The topological polar surface area (TPSA) is 158 Å². The maximum absolute atomic E-state index is 0. The van der Waals surface area contributed by atoms with Crippen molar-refractivity contribution in [3.8, 4) is 0 Å². The van der Waals surface area contributed by atoms with Gasteiger partial charge >= 0.3 is 0 Å². The first-order chi connectivity index (χ1) is 0. The third-order valence-electron chi connectivity index (χ3n) is 0. The van der Waals surface area contributed by atoms with Crippen LogP contribution in [0, 0.1) is 0 Å². The number of rotatable bonds is 0. The van der Waals surface area contributed by atoms with Gasteiger partial charge in [-0.2, -0.15) is 0 Å². The van der Waals surface area contributed by atoms with Gasteiger partial charge in [-0.15, -0.1) is 0 Å². The molecule has 0 aromatic rings. The van der Waals surface area contributed by atoms with Crippen LogP contribution in [0.4, 0.5) is 0 Å². The smallest absolute Gasteiger partial charge is 0 e. The standard InChI is InChI=1S/15Fe.5H2O/h;;;;;;;;;;;;;;;5*1H2. The van der Waals surface area contributed by atoms with E-state index in [4.69, 9.17) is 0 Å². The van der Waals surface area contributed by atoms with E-state index in [-0.39, 0.29) is 283 Å². The Kier molecular flexibility index (Phi) is 5110. The maximum Gasteiger partial charge on any atom is 0 e. The van der Waals surface area contributed by atoms with E-state index in [9.17, 15) is 0 Å². The Morgan fingerprint density at radius 3 is 0.100 bits per heavy atom. The van der Waals surface area contributed by atoms with E-state index in [0.717, 1.165) is 0 Å². The van der Waals surface area contributed by atoms with Gasteiger partial charge in [-0.1, -0.05) is 0 Å². The van der Waals surface area contributed by atoms with Gasteiger partial charge in [0.15, 0.2) is 0 Å². The SMILES string of the molecule is O.O.O.O.O.[Fe].[Fe].[Fe].[Fe].[Fe].[Fe].[Fe].[Fe].[Fe].[Fe].[Fe].[Fe].[Fe].[Fe].[Fe]. The summed E-state index contributed by atoms with van der Waals surface area (Å²) in [7, 11) is 0. The molecular formula is H10Fe15O5. The molecule has 0 rings (SSSR count). The summed E-state index contributed by atoms with van der Waals surface area (Å²) in [5.74, 6) is 0. The molecule has 20 heavy (non-hydrogen) atoms. The Bertz CT molecular complexity index is 16.2. The zero-order valence-corrected chi connectivity index (χ0v) is 24.4. The predicted octanol–water partition coefficient (Wildman–Crippen LogP) is -4.16. The second-order valence-corrected chi connectivity index (χ2v) is 0. The van der Waals surface area contributed by atoms with Crippen molar-refractivity contribution in [2.75, 3.05) is 0 Å². The normalized spacial score (nSPS) is 0. The maximum atomic E-state index is 0. The van der Waals surface area contributed by atoms with E-state index in [1.54, 1.807) is 0 Å². The van der Waals surface area contributed by atoms with E-state index in [0.29, 0.717) is 0 Å². The van der Waals surface area contributed by atoms with Gasteiger partial charge in [0.25, 0.3) is 0 Å². The largest absolute Gasteiger partial charge is 0.412 e. The van der Waals surface area contributed by atoms with E-state index in [1.165, 1.54) is 0 Å². The fourth-order valence-corrected chi connectivity index (χ4v) is 0. The Balaban J connectivity index is 0. The summed E-state index contributed by atoms with van der Waals surface area (Å²) >= 11 is 0. The van der Waals surface area contributed by atoms with E-state index in [2.05, 4.69) is 0 Å². The van der Waals surface area contributed by atoms with Crippen molar-refractivity contribution in [2.24, 2.45) is 0 Å². The molecule has 0 fully saturated rings. The molecule has 0 heterocycles. The first-order valence-electron chi connectivity index (χ1n) is 0. The monoisotopic (exact) mass is 929 g/mol. The zero-order valence-electron chi connectivity index (χ0n) is 7.80. The molecular weight excluding hydrogens is 918 g/mol. The fraction of sp³-hybridized carbons (Fsp3) is 0. The van der Waals surface area contributed by atoms with Crippen molar-refractivity contribution < 1.29 is 283 Å². The summed E-state index contributed by atoms with van der Waals surface area (Å²) in [5.41, 5.74) is 0. The summed E-state index contributed by atoms with van der Waals surface area (Å²) in [6, 6.07) is 0. The molecule has 0 aromatic carbocycles. The van der Waals surface area contributed by atoms with Crippen LogP contribution < -0.4 is 0 Å². The molecule has 0 radical (unpaired) electrons. The predicted molar refractivity (Wildman–Crippen MR) is 18.1 cm³/mol. The summed E-state index contributed by atoms with van der Waals surface area (Å²) in [4.78, 5) is 0. The summed E-state index contributed by atoms with van der Waals surface area (Å²) < 4.78 is 0. The molecule has 0 aliphatic carbocycles. The van der Waals surface area contributed by atoms with Gasteiger partial charge < -0.3 is 27.4 Å². The average Bonchev–Trinajstić information content (AvgIpc) is 0. The van der Waals surface area contributed by atoms with E-state index >= 15 is 0 Å². The van der Waals surface area contributed by atoms with E-state index in [1.807, 2.05) is 0 Å². The molecule has 0 aliphatic rings. The number of hydrogen-bond acceptors (Lipinski definition) is 0. The molecule has 0 amide bonds. The third-order valence-corrected chi connectivity index (χ3v) is 0. The van der Waals surface area contributed by atoms with Gasteiger partial charge in [-0.3, -0.25) is 0 Å². The summed E-state index contributed by atoms with van der Waals surface area (Å²) in [6.45, 7) is 0. The van der Waals surface area contributed by atoms with Crippen molar-refractivity contribution in [2.45, 2.75) is 0 Å². The van der Waals surface area contributed by atoms with Gasteiger partial charge in [0.1, 0.15) is 0 Å². The van der Waals surface area contributed by atoms with Crippen LogP contribution in [0.2, 0.25) is 0 Å². The zero-order chi connectivity index (χ0) is 0. The Morgan fingerprint density at radius 1 is 0.100 bits per heavy atom. The Labute approximate surface area is 278 Å². The first-order valence-corrected chi connectivity index (χ1v) is 0. The van der Waals surface area contributed by atoms with Crippen LogP contribution >= 0.6 is 0 Å². The Hall–Kier alpha value is 7.59. The van der Waals surface area contributed by atoms with Crippen molar-refractivity contribution >= 4 is 0 Å². The van der Waals surface area contributed by atoms with Crippen LogP contribution in [0.25, 0.3) is 0 Å². The summed E-state index contributed by atoms with van der Waals surface area (Å²) in [6.07, 6.45) is 0. The van der Waals surface area contributed by atoms with Crippen LogP contribution in [0.3, 0.4) is 0 Å². The third kappa shape index (κ3) is 269. The van der Waals surface area contributed by atoms with Crippen molar-refractivity contribution in [1.82, 2.24) is 0 Å². The summed E-state index contributed by atoms with van der Waals surface area (Å²) in [5, 5.41) is 0. The molecule has 0 aliphatic heterocycles. The van der Waals surface area contributed by atoms with Crippen LogP contribution in [0.1, 0.15) is 0 Å². The van der Waals surface area contributed by atoms with Crippen molar-refractivity contribution in [3.05, 3.63) is 0 Å². The molecule has 160 valence electrons. The van der Waals surface area contributed by atoms with Crippen molar-refractivity contribution in [1.29, 1.82) is 0 Å². The molecule has 0 aromatic heterocycles. The Morgan fingerprint density at radius 2 is 0.100 bits per heavy atom. The molecule has 0 saturated heterocycles. The van der Waals surface area contributed by atoms with Gasteiger partial charge in [0, 0.05) is 256 Å². The second-order valence-electron chi connectivity index (χ2n) is 0. The molecule has 5 nitrogen and oxygen atoms in total. The van der Waals surface area contributed by atoms with E-state index < -0.39 is 0 Å². The molecule has 0 unspecified atom stereocenters. The minimum atomic E-state index is 0. The van der Waals surface area contributed by atoms with Crippen LogP contribution in [-0.4, -0.2) is 27.4 Å². The van der Waals surface area contributed by atoms with Crippen LogP contribution in [0.15, 0.2) is 0 Å². The van der Waals surface area contributed by atoms with Crippen LogP contribution in [-0.2, 0) is 256 Å². The van der Waals surface area contributed by atoms with Gasteiger partial charge in [-0.05, 0) is 0 Å². The second kappa shape index (κ2) is 302.